The van der Waals surface area contributed by atoms with Gasteiger partial charge in [-0.3, -0.25) is 0 Å². The van der Waals surface area contributed by atoms with Crippen molar-refractivity contribution >= 4 is 29.1 Å². The molecule has 0 fully saturated rings. The van der Waals surface area contributed by atoms with Crippen LogP contribution in [-0.2, 0) is 5.75 Å². The molecule has 0 atom stereocenters. The molecule has 0 bridgehead atoms. The Hall–Kier alpha value is -1.19. The standard InChI is InChI=1S/C13H13ClN2S/c1-9-3-2-4-10(7-9)8-17-13-11(15)5-6-12(14)16-13/h2-7H,8,15H2,1H3. The number of aryl methyl sites for hydroxylation is 1. The number of hydrogen-bond acceptors (Lipinski definition) is 3. The van der Waals surface area contributed by atoms with E-state index in [1.54, 1.807) is 23.9 Å². The fourth-order valence-corrected chi connectivity index (χ4v) is 2.58. The van der Waals surface area contributed by atoms with Gasteiger partial charge in [-0.25, -0.2) is 4.98 Å². The number of halogens is 1. The first kappa shape index (κ1) is 12.3. The third-order valence-corrected chi connectivity index (χ3v) is 3.60. The van der Waals surface area contributed by atoms with Gasteiger partial charge in [0.15, 0.2) is 0 Å². The third-order valence-electron chi connectivity index (χ3n) is 2.31. The summed E-state index contributed by atoms with van der Waals surface area (Å²) in [6.45, 7) is 2.08. The van der Waals surface area contributed by atoms with E-state index in [0.29, 0.717) is 10.8 Å². The minimum atomic E-state index is 0.478. The lowest BCUT2D eigenvalue weighted by Crippen LogP contribution is -1.92. The summed E-state index contributed by atoms with van der Waals surface area (Å²) in [5, 5.41) is 1.27. The molecule has 0 aliphatic heterocycles. The van der Waals surface area contributed by atoms with Crippen LogP contribution in [0.5, 0.6) is 0 Å². The van der Waals surface area contributed by atoms with Gasteiger partial charge in [0, 0.05) is 5.75 Å². The summed E-state index contributed by atoms with van der Waals surface area (Å²) in [4.78, 5) is 4.21. The molecule has 0 unspecified atom stereocenters. The summed E-state index contributed by atoms with van der Waals surface area (Å²) in [6.07, 6.45) is 0. The van der Waals surface area contributed by atoms with Gasteiger partial charge < -0.3 is 5.73 Å². The van der Waals surface area contributed by atoms with E-state index in [9.17, 15) is 0 Å². The largest absolute Gasteiger partial charge is 0.397 e. The monoisotopic (exact) mass is 264 g/mol. The molecule has 0 amide bonds. The summed E-state index contributed by atoms with van der Waals surface area (Å²) >= 11 is 7.45. The Labute approximate surface area is 110 Å². The number of nitrogens with two attached hydrogens (primary N) is 1. The van der Waals surface area contributed by atoms with Gasteiger partial charge in [-0.05, 0) is 24.6 Å². The molecular formula is C13H13ClN2S. The highest BCUT2D eigenvalue weighted by Crippen LogP contribution is 2.27. The molecule has 88 valence electrons. The summed E-state index contributed by atoms with van der Waals surface area (Å²) in [6, 6.07) is 11.9. The third kappa shape index (κ3) is 3.38. The van der Waals surface area contributed by atoms with Gasteiger partial charge >= 0.3 is 0 Å². The second-order valence-electron chi connectivity index (χ2n) is 3.81. The Morgan fingerprint density at radius 3 is 2.88 bits per heavy atom. The Bertz CT molecular complexity index is 529. The number of thioether (sulfide) groups is 1. The topological polar surface area (TPSA) is 38.9 Å². The number of rotatable bonds is 3. The lowest BCUT2D eigenvalue weighted by atomic mass is 10.2. The molecule has 2 rings (SSSR count). The van der Waals surface area contributed by atoms with Crippen molar-refractivity contribution in [3.63, 3.8) is 0 Å². The number of hydrogen-bond donors (Lipinski definition) is 1. The number of aromatic nitrogens is 1. The Balaban J connectivity index is 2.09. The predicted octanol–water partition coefficient (Wildman–Crippen LogP) is 3.92. The maximum absolute atomic E-state index is 5.84. The van der Waals surface area contributed by atoms with Crippen LogP contribution in [0.3, 0.4) is 0 Å². The molecule has 0 aliphatic carbocycles. The van der Waals surface area contributed by atoms with Crippen LogP contribution in [0.2, 0.25) is 5.15 Å². The molecule has 2 nitrogen and oxygen atoms in total. The van der Waals surface area contributed by atoms with Gasteiger partial charge in [0.05, 0.1) is 5.69 Å². The van der Waals surface area contributed by atoms with Crippen molar-refractivity contribution in [1.29, 1.82) is 0 Å². The second-order valence-corrected chi connectivity index (χ2v) is 5.16. The molecule has 0 aliphatic rings. The van der Waals surface area contributed by atoms with Gasteiger partial charge in [0.1, 0.15) is 10.2 Å². The summed E-state index contributed by atoms with van der Waals surface area (Å²) in [5.41, 5.74) is 9.03. The van der Waals surface area contributed by atoms with Crippen molar-refractivity contribution in [3.05, 3.63) is 52.7 Å². The van der Waals surface area contributed by atoms with Crippen LogP contribution < -0.4 is 5.73 Å². The maximum Gasteiger partial charge on any atom is 0.130 e. The van der Waals surface area contributed by atoms with Crippen LogP contribution in [0, 0.1) is 6.92 Å². The minimum absolute atomic E-state index is 0.478. The van der Waals surface area contributed by atoms with Crippen molar-refractivity contribution < 1.29 is 0 Å². The zero-order chi connectivity index (χ0) is 12.3. The molecule has 1 heterocycles. The quantitative estimate of drug-likeness (QED) is 0.675. The van der Waals surface area contributed by atoms with Crippen molar-refractivity contribution in [1.82, 2.24) is 4.98 Å². The SMILES string of the molecule is Cc1cccc(CSc2nc(Cl)ccc2N)c1. The predicted molar refractivity (Wildman–Crippen MR) is 74.4 cm³/mol. The average molecular weight is 265 g/mol. The Kier molecular flexibility index (Phi) is 3.92. The fourth-order valence-electron chi connectivity index (χ4n) is 1.50. The van der Waals surface area contributed by atoms with Crippen LogP contribution in [-0.4, -0.2) is 4.98 Å². The zero-order valence-electron chi connectivity index (χ0n) is 9.48. The van der Waals surface area contributed by atoms with E-state index in [4.69, 9.17) is 17.3 Å². The van der Waals surface area contributed by atoms with E-state index in [-0.39, 0.29) is 0 Å². The van der Waals surface area contributed by atoms with E-state index in [1.165, 1.54) is 11.1 Å². The van der Waals surface area contributed by atoms with Crippen molar-refractivity contribution in [2.45, 2.75) is 17.7 Å². The van der Waals surface area contributed by atoms with E-state index < -0.39 is 0 Å². The molecule has 1 aromatic heterocycles. The van der Waals surface area contributed by atoms with Crippen LogP contribution in [0.4, 0.5) is 5.69 Å². The van der Waals surface area contributed by atoms with Crippen LogP contribution in [0.1, 0.15) is 11.1 Å². The molecule has 0 radical (unpaired) electrons. The van der Waals surface area contributed by atoms with Gasteiger partial charge in [-0.2, -0.15) is 0 Å². The number of nitrogens with zero attached hydrogens (tertiary/aromatic N) is 1. The molecule has 17 heavy (non-hydrogen) atoms. The van der Waals surface area contributed by atoms with E-state index >= 15 is 0 Å². The van der Waals surface area contributed by atoms with E-state index in [2.05, 4.69) is 36.2 Å². The first-order valence-electron chi connectivity index (χ1n) is 5.25. The summed E-state index contributed by atoms with van der Waals surface area (Å²) < 4.78 is 0. The Morgan fingerprint density at radius 1 is 1.29 bits per heavy atom. The molecule has 0 saturated carbocycles. The minimum Gasteiger partial charge on any atom is -0.397 e. The molecule has 2 aromatic rings. The van der Waals surface area contributed by atoms with Gasteiger partial charge in [-0.1, -0.05) is 53.2 Å². The lowest BCUT2D eigenvalue weighted by molar-refractivity contribution is 1.14. The van der Waals surface area contributed by atoms with Crippen molar-refractivity contribution in [2.24, 2.45) is 0 Å². The normalized spacial score (nSPS) is 10.5. The number of nitrogen functional groups attached to an aromatic ring is 1. The van der Waals surface area contributed by atoms with Crippen LogP contribution >= 0.6 is 23.4 Å². The van der Waals surface area contributed by atoms with Crippen LogP contribution in [0.25, 0.3) is 0 Å². The van der Waals surface area contributed by atoms with E-state index in [1.807, 2.05) is 0 Å². The average Bonchev–Trinajstić information content (AvgIpc) is 2.30. The highest BCUT2D eigenvalue weighted by Gasteiger charge is 2.03. The Morgan fingerprint density at radius 2 is 2.12 bits per heavy atom. The van der Waals surface area contributed by atoms with E-state index in [0.717, 1.165) is 10.8 Å². The van der Waals surface area contributed by atoms with Gasteiger partial charge in [0.25, 0.3) is 0 Å². The maximum atomic E-state index is 5.84. The van der Waals surface area contributed by atoms with Crippen LogP contribution in [0.15, 0.2) is 41.4 Å². The summed E-state index contributed by atoms with van der Waals surface area (Å²) in [7, 11) is 0. The molecule has 0 saturated heterocycles. The first-order chi connectivity index (χ1) is 8.15. The molecule has 2 N–H and O–H groups in total. The van der Waals surface area contributed by atoms with Gasteiger partial charge in [0.2, 0.25) is 0 Å². The molecule has 1 aromatic carbocycles. The van der Waals surface area contributed by atoms with Crippen molar-refractivity contribution in [2.75, 3.05) is 5.73 Å². The lowest BCUT2D eigenvalue weighted by Gasteiger charge is -2.05. The highest BCUT2D eigenvalue weighted by atomic mass is 35.5. The smallest absolute Gasteiger partial charge is 0.130 e. The second kappa shape index (κ2) is 5.43. The fraction of sp³-hybridized carbons (Fsp3) is 0.154. The number of benzene rings is 1. The van der Waals surface area contributed by atoms with Crippen molar-refractivity contribution in [3.8, 4) is 0 Å². The van der Waals surface area contributed by atoms with Gasteiger partial charge in [-0.15, -0.1) is 0 Å². The molecule has 0 spiro atoms. The molecule has 4 heteroatoms. The number of pyridine rings is 1. The first-order valence-corrected chi connectivity index (χ1v) is 6.62. The number of anilines is 1. The molecular weight excluding hydrogens is 252 g/mol. The summed E-state index contributed by atoms with van der Waals surface area (Å²) in [5.74, 6) is 0.846. The zero-order valence-corrected chi connectivity index (χ0v) is 11.1. The highest BCUT2D eigenvalue weighted by molar-refractivity contribution is 7.98.